The molecule has 0 amide bonds. The molecule has 1 atom stereocenters. The Bertz CT molecular complexity index is 831. The number of hydrogen-bond acceptors (Lipinski definition) is 1. The summed E-state index contributed by atoms with van der Waals surface area (Å²) in [6, 6.07) is 17.8. The number of hydrogen-bond donors (Lipinski definition) is 1. The molecule has 1 saturated heterocycles. The predicted octanol–water partition coefficient (Wildman–Crippen LogP) is 5.68. The number of benzene rings is 2. The molecule has 1 aliphatic rings. The van der Waals surface area contributed by atoms with Crippen molar-refractivity contribution in [2.45, 2.75) is 44.9 Å². The molecule has 4 rings (SSSR count). The van der Waals surface area contributed by atoms with Gasteiger partial charge in [-0.15, -0.1) is 0 Å². The van der Waals surface area contributed by atoms with Crippen LogP contribution in [0.15, 0.2) is 54.7 Å². The first-order valence-electron chi connectivity index (χ1n) is 10.1. The van der Waals surface area contributed by atoms with E-state index in [-0.39, 0.29) is 0 Å². The van der Waals surface area contributed by atoms with Crippen molar-refractivity contribution in [3.05, 3.63) is 71.4 Å². The number of aromatic nitrogens is 1. The number of fused-ring (bicyclic) bond motifs is 1. The first-order chi connectivity index (χ1) is 12.8. The molecule has 0 bridgehead atoms. The minimum absolute atomic E-state index is 0.720. The zero-order valence-electron chi connectivity index (χ0n) is 15.9. The van der Waals surface area contributed by atoms with Crippen molar-refractivity contribution in [1.29, 1.82) is 0 Å². The van der Waals surface area contributed by atoms with Crippen LogP contribution >= 0.6 is 0 Å². The third-order valence-corrected chi connectivity index (χ3v) is 5.90. The van der Waals surface area contributed by atoms with E-state index in [4.69, 9.17) is 0 Å². The molecule has 1 unspecified atom stereocenters. The van der Waals surface area contributed by atoms with Crippen molar-refractivity contribution in [3.8, 4) is 0 Å². The third-order valence-electron chi connectivity index (χ3n) is 5.90. The van der Waals surface area contributed by atoms with E-state index in [1.807, 2.05) is 0 Å². The van der Waals surface area contributed by atoms with E-state index < -0.39 is 0 Å². The SMILES string of the molecule is Cc1ccc(C2CCCN(CCCCc3c[nH]c4ccccc34)C2)cc1. The highest BCUT2D eigenvalue weighted by atomic mass is 15.1. The molecule has 2 nitrogen and oxygen atoms in total. The van der Waals surface area contributed by atoms with Gasteiger partial charge < -0.3 is 9.88 Å². The topological polar surface area (TPSA) is 19.0 Å². The quantitative estimate of drug-likeness (QED) is 0.569. The van der Waals surface area contributed by atoms with Crippen molar-refractivity contribution < 1.29 is 0 Å². The number of piperidine rings is 1. The molecule has 2 heterocycles. The number of unbranched alkanes of at least 4 members (excludes halogenated alkanes) is 1. The number of nitrogens with zero attached hydrogens (tertiary/aromatic N) is 1. The van der Waals surface area contributed by atoms with Crippen molar-refractivity contribution >= 4 is 10.9 Å². The molecule has 26 heavy (non-hydrogen) atoms. The van der Waals surface area contributed by atoms with Crippen molar-refractivity contribution in [3.63, 3.8) is 0 Å². The van der Waals surface area contributed by atoms with Gasteiger partial charge in [0.05, 0.1) is 0 Å². The second-order valence-electron chi connectivity index (χ2n) is 7.87. The van der Waals surface area contributed by atoms with Crippen molar-refractivity contribution in [2.24, 2.45) is 0 Å². The summed E-state index contributed by atoms with van der Waals surface area (Å²) < 4.78 is 0. The van der Waals surface area contributed by atoms with Crippen molar-refractivity contribution in [2.75, 3.05) is 19.6 Å². The first-order valence-corrected chi connectivity index (χ1v) is 10.1. The number of aryl methyl sites for hydroxylation is 2. The van der Waals surface area contributed by atoms with E-state index in [1.54, 1.807) is 0 Å². The summed E-state index contributed by atoms with van der Waals surface area (Å²) in [6.45, 7) is 5.92. The van der Waals surface area contributed by atoms with Gasteiger partial charge in [0.25, 0.3) is 0 Å². The number of aromatic amines is 1. The molecule has 1 aliphatic heterocycles. The normalized spacial score (nSPS) is 18.4. The molecule has 1 N–H and O–H groups in total. The van der Waals surface area contributed by atoms with Crippen LogP contribution in [-0.2, 0) is 6.42 Å². The molecule has 136 valence electrons. The minimum Gasteiger partial charge on any atom is -0.361 e. The van der Waals surface area contributed by atoms with Gasteiger partial charge in [0.15, 0.2) is 0 Å². The van der Waals surface area contributed by atoms with E-state index in [1.165, 1.54) is 79.3 Å². The molecule has 0 spiro atoms. The second kappa shape index (κ2) is 8.09. The van der Waals surface area contributed by atoms with Crippen LogP contribution < -0.4 is 0 Å². The van der Waals surface area contributed by atoms with Crippen LogP contribution in [0.4, 0.5) is 0 Å². The van der Waals surface area contributed by atoms with Gasteiger partial charge in [-0.3, -0.25) is 0 Å². The highest BCUT2D eigenvalue weighted by Gasteiger charge is 2.20. The lowest BCUT2D eigenvalue weighted by molar-refractivity contribution is 0.204. The fraction of sp³-hybridized carbons (Fsp3) is 0.417. The maximum atomic E-state index is 3.40. The van der Waals surface area contributed by atoms with Gasteiger partial charge in [0.2, 0.25) is 0 Å². The summed E-state index contributed by atoms with van der Waals surface area (Å²) in [5.74, 6) is 0.720. The molecular formula is C24H30N2. The zero-order chi connectivity index (χ0) is 17.8. The average Bonchev–Trinajstić information content (AvgIpc) is 3.09. The summed E-state index contributed by atoms with van der Waals surface area (Å²) >= 11 is 0. The summed E-state index contributed by atoms with van der Waals surface area (Å²) in [7, 11) is 0. The monoisotopic (exact) mass is 346 g/mol. The molecule has 2 aromatic carbocycles. The van der Waals surface area contributed by atoms with Crippen LogP contribution in [0.5, 0.6) is 0 Å². The standard InChI is InChI=1S/C24H30N2/c1-19-11-13-20(14-12-19)22-8-6-16-26(18-22)15-5-4-7-21-17-25-24-10-3-2-9-23(21)24/h2-3,9-14,17,22,25H,4-8,15-16,18H2,1H3. The number of rotatable bonds is 6. The second-order valence-corrected chi connectivity index (χ2v) is 7.87. The van der Waals surface area contributed by atoms with Gasteiger partial charge in [0, 0.05) is 23.6 Å². The molecule has 3 aromatic rings. The Kier molecular flexibility index (Phi) is 5.40. The molecular weight excluding hydrogens is 316 g/mol. The Morgan fingerprint density at radius 2 is 1.88 bits per heavy atom. The lowest BCUT2D eigenvalue weighted by Crippen LogP contribution is -2.35. The lowest BCUT2D eigenvalue weighted by atomic mass is 9.90. The zero-order valence-corrected chi connectivity index (χ0v) is 15.9. The van der Waals surface area contributed by atoms with Gasteiger partial charge in [-0.1, -0.05) is 48.0 Å². The van der Waals surface area contributed by atoms with E-state index in [0.29, 0.717) is 0 Å². The van der Waals surface area contributed by atoms with Crippen LogP contribution in [0.25, 0.3) is 10.9 Å². The van der Waals surface area contributed by atoms with Gasteiger partial charge in [-0.05, 0) is 75.2 Å². The van der Waals surface area contributed by atoms with Crippen LogP contribution in [-0.4, -0.2) is 29.5 Å². The van der Waals surface area contributed by atoms with E-state index in [2.05, 4.69) is 71.5 Å². The largest absolute Gasteiger partial charge is 0.361 e. The predicted molar refractivity (Wildman–Crippen MR) is 111 cm³/mol. The third kappa shape index (κ3) is 4.02. The fourth-order valence-electron chi connectivity index (χ4n) is 4.36. The number of H-pyrrole nitrogens is 1. The average molecular weight is 347 g/mol. The van der Waals surface area contributed by atoms with Crippen LogP contribution in [0.3, 0.4) is 0 Å². The van der Waals surface area contributed by atoms with Crippen LogP contribution in [0.2, 0.25) is 0 Å². The summed E-state index contributed by atoms with van der Waals surface area (Å²) in [5.41, 5.74) is 5.62. The highest BCUT2D eigenvalue weighted by Crippen LogP contribution is 2.27. The van der Waals surface area contributed by atoms with Gasteiger partial charge in [0.1, 0.15) is 0 Å². The maximum absolute atomic E-state index is 3.40. The Morgan fingerprint density at radius 3 is 2.77 bits per heavy atom. The van der Waals surface area contributed by atoms with Crippen LogP contribution in [0, 0.1) is 6.92 Å². The number of nitrogens with one attached hydrogen (secondary N) is 1. The Labute approximate surface area is 157 Å². The first kappa shape index (κ1) is 17.4. The minimum atomic E-state index is 0.720. The van der Waals surface area contributed by atoms with Crippen LogP contribution in [0.1, 0.15) is 48.3 Å². The highest BCUT2D eigenvalue weighted by molar-refractivity contribution is 5.82. The molecule has 0 radical (unpaired) electrons. The maximum Gasteiger partial charge on any atom is 0.0456 e. The van der Waals surface area contributed by atoms with Crippen molar-refractivity contribution in [1.82, 2.24) is 9.88 Å². The number of para-hydroxylation sites is 1. The fourth-order valence-corrected chi connectivity index (χ4v) is 4.36. The Hall–Kier alpha value is -2.06. The van der Waals surface area contributed by atoms with Gasteiger partial charge in [-0.2, -0.15) is 0 Å². The molecule has 2 heteroatoms. The smallest absolute Gasteiger partial charge is 0.0456 e. The molecule has 0 aliphatic carbocycles. The Morgan fingerprint density at radius 1 is 1.04 bits per heavy atom. The van der Waals surface area contributed by atoms with E-state index in [9.17, 15) is 0 Å². The molecule has 1 aromatic heterocycles. The summed E-state index contributed by atoms with van der Waals surface area (Å²) in [6.07, 6.45) is 8.61. The van der Waals surface area contributed by atoms with E-state index in [0.717, 1.165) is 5.92 Å². The molecule has 0 saturated carbocycles. The Balaban J connectivity index is 1.26. The molecule has 1 fully saturated rings. The van der Waals surface area contributed by atoms with Gasteiger partial charge in [-0.25, -0.2) is 0 Å². The van der Waals surface area contributed by atoms with E-state index >= 15 is 0 Å². The summed E-state index contributed by atoms with van der Waals surface area (Å²) in [4.78, 5) is 6.08. The number of likely N-dealkylation sites (tertiary alicyclic amines) is 1. The summed E-state index contributed by atoms with van der Waals surface area (Å²) in [5, 5.41) is 1.39. The van der Waals surface area contributed by atoms with Gasteiger partial charge >= 0.3 is 0 Å². The lowest BCUT2D eigenvalue weighted by Gasteiger charge is -2.33.